The Kier molecular flexibility index (Phi) is 5.24. The maximum absolute atomic E-state index is 11.6. The monoisotopic (exact) mass is 365 g/mol. The summed E-state index contributed by atoms with van der Waals surface area (Å²) in [7, 11) is 0. The van der Waals surface area contributed by atoms with E-state index in [4.69, 9.17) is 4.74 Å². The number of alkyl carbamates (subject to hydrolysis) is 1. The summed E-state index contributed by atoms with van der Waals surface area (Å²) >= 11 is 3.54. The fraction of sp³-hybridized carbons (Fsp3) is 0.375. The second-order valence-electron chi connectivity index (χ2n) is 5.89. The highest BCUT2D eigenvalue weighted by Gasteiger charge is 2.15. The highest BCUT2D eigenvalue weighted by atomic mass is 79.9. The topological polar surface area (TPSA) is 56.1 Å². The van der Waals surface area contributed by atoms with Gasteiger partial charge in [-0.3, -0.25) is 0 Å². The zero-order chi connectivity index (χ0) is 16.2. The number of rotatable bonds is 4. The molecule has 1 heterocycles. The van der Waals surface area contributed by atoms with Gasteiger partial charge in [-0.25, -0.2) is 9.78 Å². The number of hydrogen-bond acceptors (Lipinski definition) is 3. The fourth-order valence-corrected chi connectivity index (χ4v) is 2.45. The number of nitrogens with one attached hydrogen (secondary N) is 1. The first-order chi connectivity index (χ1) is 10.4. The van der Waals surface area contributed by atoms with E-state index < -0.39 is 11.7 Å². The van der Waals surface area contributed by atoms with E-state index in [9.17, 15) is 4.79 Å². The second kappa shape index (κ2) is 6.96. The number of carbonyl (C=O) groups excluding carboxylic acids is 1. The van der Waals surface area contributed by atoms with E-state index >= 15 is 0 Å². The lowest BCUT2D eigenvalue weighted by atomic mass is 10.2. The van der Waals surface area contributed by atoms with Crippen molar-refractivity contribution >= 4 is 22.0 Å². The molecule has 0 spiro atoms. The van der Waals surface area contributed by atoms with Gasteiger partial charge in [-0.1, -0.05) is 12.1 Å². The van der Waals surface area contributed by atoms with Crippen LogP contribution in [0.5, 0.6) is 0 Å². The van der Waals surface area contributed by atoms with Crippen LogP contribution in [0.1, 0.15) is 26.5 Å². The Morgan fingerprint density at radius 3 is 2.77 bits per heavy atom. The number of amides is 1. The van der Waals surface area contributed by atoms with E-state index in [0.717, 1.165) is 15.9 Å². The molecule has 22 heavy (non-hydrogen) atoms. The summed E-state index contributed by atoms with van der Waals surface area (Å²) in [5.74, 6) is 0. The first-order valence-corrected chi connectivity index (χ1v) is 7.89. The van der Waals surface area contributed by atoms with E-state index in [1.807, 2.05) is 49.6 Å². The molecule has 0 aliphatic rings. The molecule has 0 aliphatic carbocycles. The Bertz CT molecular complexity index is 647. The molecule has 0 fully saturated rings. The SMILES string of the molecule is CC(C)(C)OC(=O)NCCc1cncn1-c1ccccc1Br. The van der Waals surface area contributed by atoms with Crippen molar-refractivity contribution in [1.29, 1.82) is 0 Å². The number of halogens is 1. The van der Waals surface area contributed by atoms with Crippen LogP contribution in [0.25, 0.3) is 5.69 Å². The number of para-hydroxylation sites is 1. The van der Waals surface area contributed by atoms with E-state index in [1.54, 1.807) is 12.5 Å². The van der Waals surface area contributed by atoms with Crippen LogP contribution in [0, 0.1) is 0 Å². The summed E-state index contributed by atoms with van der Waals surface area (Å²) in [6, 6.07) is 7.94. The van der Waals surface area contributed by atoms with Gasteiger partial charge in [-0.05, 0) is 48.8 Å². The van der Waals surface area contributed by atoms with Crippen LogP contribution in [0.3, 0.4) is 0 Å². The quantitative estimate of drug-likeness (QED) is 0.898. The van der Waals surface area contributed by atoms with Gasteiger partial charge in [0, 0.05) is 29.3 Å². The molecular weight excluding hydrogens is 346 g/mol. The molecule has 1 amide bonds. The molecule has 1 aromatic carbocycles. The number of ether oxygens (including phenoxy) is 1. The first kappa shape index (κ1) is 16.5. The molecular formula is C16H20BrN3O2. The van der Waals surface area contributed by atoms with Crippen molar-refractivity contribution in [2.24, 2.45) is 0 Å². The van der Waals surface area contributed by atoms with Crippen molar-refractivity contribution in [3.63, 3.8) is 0 Å². The largest absolute Gasteiger partial charge is 0.444 e. The van der Waals surface area contributed by atoms with Crippen LogP contribution in [-0.4, -0.2) is 27.8 Å². The molecule has 0 bridgehead atoms. The molecule has 0 atom stereocenters. The summed E-state index contributed by atoms with van der Waals surface area (Å²) in [5.41, 5.74) is 1.55. The minimum atomic E-state index is -0.485. The number of nitrogens with zero attached hydrogens (tertiary/aromatic N) is 2. The maximum Gasteiger partial charge on any atom is 0.407 e. The summed E-state index contributed by atoms with van der Waals surface area (Å²) in [6.45, 7) is 6.02. The first-order valence-electron chi connectivity index (χ1n) is 7.10. The fourth-order valence-electron chi connectivity index (χ4n) is 1.98. The molecule has 0 unspecified atom stereocenters. The van der Waals surface area contributed by atoms with Crippen molar-refractivity contribution in [2.75, 3.05) is 6.54 Å². The van der Waals surface area contributed by atoms with Crippen LogP contribution in [0.4, 0.5) is 4.79 Å². The third-order valence-electron chi connectivity index (χ3n) is 2.88. The van der Waals surface area contributed by atoms with Crippen molar-refractivity contribution < 1.29 is 9.53 Å². The Labute approximate surface area is 138 Å². The normalized spacial score (nSPS) is 11.3. The highest BCUT2D eigenvalue weighted by Crippen LogP contribution is 2.21. The Hall–Kier alpha value is -1.82. The smallest absolute Gasteiger partial charge is 0.407 e. The van der Waals surface area contributed by atoms with E-state index in [0.29, 0.717) is 13.0 Å². The number of imidazole rings is 1. The Morgan fingerprint density at radius 2 is 2.09 bits per heavy atom. The van der Waals surface area contributed by atoms with Crippen LogP contribution < -0.4 is 5.32 Å². The number of hydrogen-bond donors (Lipinski definition) is 1. The van der Waals surface area contributed by atoms with Crippen LogP contribution in [0.2, 0.25) is 0 Å². The van der Waals surface area contributed by atoms with Gasteiger partial charge in [-0.15, -0.1) is 0 Å². The zero-order valence-electron chi connectivity index (χ0n) is 13.0. The van der Waals surface area contributed by atoms with Gasteiger partial charge in [0.2, 0.25) is 0 Å². The molecule has 0 radical (unpaired) electrons. The van der Waals surface area contributed by atoms with Gasteiger partial charge in [0.25, 0.3) is 0 Å². The maximum atomic E-state index is 11.6. The number of aromatic nitrogens is 2. The standard InChI is InChI=1S/C16H20BrN3O2/c1-16(2,3)22-15(21)19-9-8-12-10-18-11-20(12)14-7-5-4-6-13(14)17/h4-7,10-11H,8-9H2,1-3H3,(H,19,21). The molecule has 2 aromatic rings. The minimum absolute atomic E-state index is 0.403. The number of carbonyl (C=O) groups is 1. The zero-order valence-corrected chi connectivity index (χ0v) is 14.6. The molecule has 1 aromatic heterocycles. The average molecular weight is 366 g/mol. The predicted molar refractivity (Wildman–Crippen MR) is 89.2 cm³/mol. The number of benzene rings is 1. The molecule has 2 rings (SSSR count). The summed E-state index contributed by atoms with van der Waals surface area (Å²) in [5, 5.41) is 2.76. The van der Waals surface area contributed by atoms with Gasteiger partial charge in [-0.2, -0.15) is 0 Å². The lowest BCUT2D eigenvalue weighted by molar-refractivity contribution is 0.0528. The van der Waals surface area contributed by atoms with Crippen molar-refractivity contribution in [1.82, 2.24) is 14.9 Å². The molecule has 118 valence electrons. The van der Waals surface area contributed by atoms with Crippen LogP contribution in [0.15, 0.2) is 41.3 Å². The summed E-state index contributed by atoms with van der Waals surface area (Å²) in [4.78, 5) is 15.8. The summed E-state index contributed by atoms with van der Waals surface area (Å²) < 4.78 is 8.21. The molecule has 1 N–H and O–H groups in total. The average Bonchev–Trinajstić information content (AvgIpc) is 2.85. The third-order valence-corrected chi connectivity index (χ3v) is 3.55. The predicted octanol–water partition coefficient (Wildman–Crippen LogP) is 3.70. The van der Waals surface area contributed by atoms with Gasteiger partial charge in [0.1, 0.15) is 5.60 Å². The molecule has 6 heteroatoms. The Balaban J connectivity index is 1.97. The second-order valence-corrected chi connectivity index (χ2v) is 6.74. The molecule has 5 nitrogen and oxygen atoms in total. The van der Waals surface area contributed by atoms with Crippen molar-refractivity contribution in [3.05, 3.63) is 47.0 Å². The van der Waals surface area contributed by atoms with Gasteiger partial charge in [0.15, 0.2) is 0 Å². The third kappa shape index (κ3) is 4.59. The lowest BCUT2D eigenvalue weighted by Crippen LogP contribution is -2.33. The Morgan fingerprint density at radius 1 is 1.36 bits per heavy atom. The molecule has 0 aliphatic heterocycles. The van der Waals surface area contributed by atoms with Gasteiger partial charge in [0.05, 0.1) is 12.0 Å². The van der Waals surface area contributed by atoms with Crippen LogP contribution in [-0.2, 0) is 11.2 Å². The van der Waals surface area contributed by atoms with E-state index in [1.165, 1.54) is 0 Å². The minimum Gasteiger partial charge on any atom is -0.444 e. The molecule has 0 saturated heterocycles. The van der Waals surface area contributed by atoms with Gasteiger partial charge < -0.3 is 14.6 Å². The lowest BCUT2D eigenvalue weighted by Gasteiger charge is -2.19. The van der Waals surface area contributed by atoms with Crippen molar-refractivity contribution in [3.8, 4) is 5.69 Å². The highest BCUT2D eigenvalue weighted by molar-refractivity contribution is 9.10. The van der Waals surface area contributed by atoms with Crippen molar-refractivity contribution in [2.45, 2.75) is 32.8 Å². The van der Waals surface area contributed by atoms with E-state index in [-0.39, 0.29) is 0 Å². The van der Waals surface area contributed by atoms with E-state index in [2.05, 4.69) is 26.2 Å². The van der Waals surface area contributed by atoms with Crippen LogP contribution >= 0.6 is 15.9 Å². The van der Waals surface area contributed by atoms with Gasteiger partial charge >= 0.3 is 6.09 Å². The molecule has 0 saturated carbocycles. The summed E-state index contributed by atoms with van der Waals surface area (Å²) in [6.07, 6.45) is 3.83.